The van der Waals surface area contributed by atoms with Crippen LogP contribution in [0.1, 0.15) is 24.2 Å². The summed E-state index contributed by atoms with van der Waals surface area (Å²) in [5, 5.41) is 11.8. The molecule has 0 aliphatic rings. The molecule has 0 unspecified atom stereocenters. The summed E-state index contributed by atoms with van der Waals surface area (Å²) in [4.78, 5) is 24.3. The lowest BCUT2D eigenvalue weighted by atomic mass is 10.2. The second-order valence-electron chi connectivity index (χ2n) is 4.74. The first-order valence-electron chi connectivity index (χ1n) is 5.85. The molecule has 0 saturated carbocycles. The van der Waals surface area contributed by atoms with E-state index >= 15 is 0 Å². The molecule has 1 aromatic carbocycles. The van der Waals surface area contributed by atoms with E-state index in [2.05, 4.69) is 5.32 Å². The predicted octanol–water partition coefficient (Wildman–Crippen LogP) is 3.16. The first-order chi connectivity index (χ1) is 8.79. The van der Waals surface area contributed by atoms with Crippen LogP contribution in [0.15, 0.2) is 18.2 Å². The largest absolute Gasteiger partial charge is 0.478 e. The first kappa shape index (κ1) is 15.3. The van der Waals surface area contributed by atoms with Gasteiger partial charge in [0.15, 0.2) is 0 Å². The number of carbonyl (C=O) groups excluding carboxylic acids is 1. The van der Waals surface area contributed by atoms with Crippen molar-refractivity contribution >= 4 is 29.3 Å². The Kier molecular flexibility index (Phi) is 5.18. The molecule has 0 bridgehead atoms. The van der Waals surface area contributed by atoms with Gasteiger partial charge in [-0.15, -0.1) is 0 Å². The van der Waals surface area contributed by atoms with Gasteiger partial charge in [0.2, 0.25) is 0 Å². The fraction of sp³-hybridized carbons (Fsp3) is 0.385. The lowest BCUT2D eigenvalue weighted by Gasteiger charge is -2.20. The highest BCUT2D eigenvalue weighted by molar-refractivity contribution is 6.31. The highest BCUT2D eigenvalue weighted by atomic mass is 35.5. The van der Waals surface area contributed by atoms with E-state index in [1.54, 1.807) is 7.05 Å². The fourth-order valence-electron chi connectivity index (χ4n) is 1.63. The van der Waals surface area contributed by atoms with Gasteiger partial charge in [0.25, 0.3) is 0 Å². The topological polar surface area (TPSA) is 69.6 Å². The van der Waals surface area contributed by atoms with E-state index in [1.165, 1.54) is 23.1 Å². The molecule has 6 heteroatoms. The van der Waals surface area contributed by atoms with Crippen LogP contribution in [-0.2, 0) is 0 Å². The molecule has 19 heavy (non-hydrogen) atoms. The molecule has 0 heterocycles. The van der Waals surface area contributed by atoms with Crippen molar-refractivity contribution in [3.05, 3.63) is 28.8 Å². The molecule has 5 nitrogen and oxygen atoms in total. The van der Waals surface area contributed by atoms with Gasteiger partial charge in [0.1, 0.15) is 0 Å². The van der Waals surface area contributed by atoms with E-state index in [9.17, 15) is 9.59 Å². The molecule has 0 atom stereocenters. The third kappa shape index (κ3) is 4.79. The summed E-state index contributed by atoms with van der Waals surface area (Å²) in [7, 11) is 1.68. The van der Waals surface area contributed by atoms with Gasteiger partial charge in [0.05, 0.1) is 5.56 Å². The Hall–Kier alpha value is -1.75. The number of carboxylic acid groups (broad SMARTS) is 1. The molecule has 2 amide bonds. The molecule has 0 saturated heterocycles. The molecule has 1 aromatic rings. The molecule has 1 rings (SSSR count). The number of amides is 2. The van der Waals surface area contributed by atoms with Crippen LogP contribution in [0.2, 0.25) is 5.02 Å². The van der Waals surface area contributed by atoms with Crippen molar-refractivity contribution in [1.29, 1.82) is 0 Å². The molecule has 2 N–H and O–H groups in total. The molecule has 0 spiro atoms. The fourth-order valence-corrected chi connectivity index (χ4v) is 1.87. The molecular weight excluding hydrogens is 268 g/mol. The predicted molar refractivity (Wildman–Crippen MR) is 74.9 cm³/mol. The molecule has 0 aromatic heterocycles. The highest BCUT2D eigenvalue weighted by Crippen LogP contribution is 2.19. The van der Waals surface area contributed by atoms with E-state index < -0.39 is 5.97 Å². The van der Waals surface area contributed by atoms with Crippen molar-refractivity contribution in [2.75, 3.05) is 18.9 Å². The van der Waals surface area contributed by atoms with Crippen LogP contribution in [0, 0.1) is 5.92 Å². The summed E-state index contributed by atoms with van der Waals surface area (Å²) in [6, 6.07) is 3.91. The van der Waals surface area contributed by atoms with Gasteiger partial charge < -0.3 is 15.3 Å². The summed E-state index contributed by atoms with van der Waals surface area (Å²) in [5.74, 6) is -0.738. The standard InChI is InChI=1S/C13H17ClN2O3/c1-8(2)7-16(3)13(19)15-11-5-9(12(17)18)4-10(14)6-11/h4-6,8H,7H2,1-3H3,(H,15,19)(H,17,18). The number of rotatable bonds is 4. The number of urea groups is 1. The maximum atomic E-state index is 11.9. The zero-order valence-corrected chi connectivity index (χ0v) is 11.9. The zero-order chi connectivity index (χ0) is 14.6. The van der Waals surface area contributed by atoms with Crippen LogP contribution in [-0.4, -0.2) is 35.6 Å². The van der Waals surface area contributed by atoms with Crippen molar-refractivity contribution < 1.29 is 14.7 Å². The molecule has 0 aliphatic carbocycles. The maximum Gasteiger partial charge on any atom is 0.335 e. The van der Waals surface area contributed by atoms with Gasteiger partial charge >= 0.3 is 12.0 Å². The number of aromatic carboxylic acids is 1. The number of halogens is 1. The average Bonchev–Trinajstić information content (AvgIpc) is 2.26. The van der Waals surface area contributed by atoms with Crippen LogP contribution in [0.5, 0.6) is 0 Å². The first-order valence-corrected chi connectivity index (χ1v) is 6.23. The van der Waals surface area contributed by atoms with Gasteiger partial charge in [-0.1, -0.05) is 25.4 Å². The van der Waals surface area contributed by atoms with Crippen LogP contribution in [0.25, 0.3) is 0 Å². The Bertz CT molecular complexity index is 489. The lowest BCUT2D eigenvalue weighted by molar-refractivity contribution is 0.0697. The number of benzene rings is 1. The zero-order valence-electron chi connectivity index (χ0n) is 11.1. The lowest BCUT2D eigenvalue weighted by Crippen LogP contribution is -2.34. The summed E-state index contributed by atoms with van der Waals surface area (Å²) in [6.07, 6.45) is 0. The van der Waals surface area contributed by atoms with Gasteiger partial charge in [-0.3, -0.25) is 0 Å². The number of anilines is 1. The van der Waals surface area contributed by atoms with Crippen LogP contribution < -0.4 is 5.32 Å². The maximum absolute atomic E-state index is 11.9. The number of nitrogens with one attached hydrogen (secondary N) is 1. The quantitative estimate of drug-likeness (QED) is 0.892. The van der Waals surface area contributed by atoms with E-state index in [0.29, 0.717) is 18.2 Å². The molecule has 104 valence electrons. The Morgan fingerprint density at radius 2 is 2.00 bits per heavy atom. The van der Waals surface area contributed by atoms with Gasteiger partial charge in [-0.25, -0.2) is 9.59 Å². The van der Waals surface area contributed by atoms with E-state index in [4.69, 9.17) is 16.7 Å². The second-order valence-corrected chi connectivity index (χ2v) is 5.17. The monoisotopic (exact) mass is 284 g/mol. The Balaban J connectivity index is 2.82. The SMILES string of the molecule is CC(C)CN(C)C(=O)Nc1cc(Cl)cc(C(=O)O)c1. The molecule has 0 fully saturated rings. The molecule has 0 radical (unpaired) electrons. The van der Waals surface area contributed by atoms with E-state index in [1.807, 2.05) is 13.8 Å². The summed E-state index contributed by atoms with van der Waals surface area (Å²) >= 11 is 5.81. The van der Waals surface area contributed by atoms with Crippen LogP contribution in [0.4, 0.5) is 10.5 Å². The van der Waals surface area contributed by atoms with Crippen molar-refractivity contribution in [1.82, 2.24) is 4.90 Å². The average molecular weight is 285 g/mol. The smallest absolute Gasteiger partial charge is 0.335 e. The molecule has 0 aliphatic heterocycles. The van der Waals surface area contributed by atoms with E-state index in [0.717, 1.165) is 0 Å². The summed E-state index contributed by atoms with van der Waals surface area (Å²) in [5.41, 5.74) is 0.403. The normalized spacial score (nSPS) is 10.4. The van der Waals surface area contributed by atoms with Crippen molar-refractivity contribution in [3.8, 4) is 0 Å². The Morgan fingerprint density at radius 3 is 2.53 bits per heavy atom. The second kappa shape index (κ2) is 6.43. The van der Waals surface area contributed by atoms with Crippen LogP contribution in [0.3, 0.4) is 0 Å². The minimum absolute atomic E-state index is 0.0364. The van der Waals surface area contributed by atoms with Gasteiger partial charge in [-0.2, -0.15) is 0 Å². The van der Waals surface area contributed by atoms with Gasteiger partial charge in [-0.05, 0) is 24.1 Å². The Labute approximate surface area is 117 Å². The summed E-state index contributed by atoms with van der Waals surface area (Å²) in [6.45, 7) is 4.62. The minimum Gasteiger partial charge on any atom is -0.478 e. The number of nitrogens with zero attached hydrogens (tertiary/aromatic N) is 1. The van der Waals surface area contributed by atoms with Crippen LogP contribution >= 0.6 is 11.6 Å². The third-order valence-electron chi connectivity index (χ3n) is 2.38. The minimum atomic E-state index is -1.09. The molecular formula is C13H17ClN2O3. The number of hydrogen-bond donors (Lipinski definition) is 2. The number of carbonyl (C=O) groups is 2. The van der Waals surface area contributed by atoms with Crippen molar-refractivity contribution in [2.24, 2.45) is 5.92 Å². The Morgan fingerprint density at radius 1 is 1.37 bits per heavy atom. The highest BCUT2D eigenvalue weighted by Gasteiger charge is 2.12. The van der Waals surface area contributed by atoms with E-state index in [-0.39, 0.29) is 16.6 Å². The number of carboxylic acids is 1. The third-order valence-corrected chi connectivity index (χ3v) is 2.60. The number of hydrogen-bond acceptors (Lipinski definition) is 2. The van der Waals surface area contributed by atoms with Gasteiger partial charge in [0, 0.05) is 24.3 Å². The van der Waals surface area contributed by atoms with Crippen molar-refractivity contribution in [2.45, 2.75) is 13.8 Å². The van der Waals surface area contributed by atoms with Crippen molar-refractivity contribution in [3.63, 3.8) is 0 Å². The summed E-state index contributed by atoms with van der Waals surface area (Å²) < 4.78 is 0.